The lowest BCUT2D eigenvalue weighted by Gasteiger charge is -2.21. The number of phenols is 1. The number of esters is 1. The number of aromatic amines is 1. The smallest absolute Gasteiger partial charge is 0.341 e. The van der Waals surface area contributed by atoms with Crippen LogP contribution < -0.4 is 5.56 Å². The molecule has 1 aromatic rings. The fourth-order valence-corrected chi connectivity index (χ4v) is 2.79. The van der Waals surface area contributed by atoms with Gasteiger partial charge in [0.1, 0.15) is 17.0 Å². The molecular weight excluding hydrogens is 342 g/mol. The maximum absolute atomic E-state index is 12.1. The van der Waals surface area contributed by atoms with Gasteiger partial charge in [-0.1, -0.05) is 12.1 Å². The number of carbonyl (C=O) groups is 2. The van der Waals surface area contributed by atoms with Crippen LogP contribution in [0, 0.1) is 0 Å². The van der Waals surface area contributed by atoms with E-state index in [1.165, 1.54) is 36.2 Å². The lowest BCUT2D eigenvalue weighted by molar-refractivity contribution is -0.137. The highest BCUT2D eigenvalue weighted by Crippen LogP contribution is 2.29. The van der Waals surface area contributed by atoms with E-state index in [0.717, 1.165) is 0 Å². The third-order valence-corrected chi connectivity index (χ3v) is 3.97. The van der Waals surface area contributed by atoms with Crippen LogP contribution in [0.5, 0.6) is 5.75 Å². The summed E-state index contributed by atoms with van der Waals surface area (Å²) >= 11 is 0. The Morgan fingerprint density at radius 1 is 1.35 bits per heavy atom. The van der Waals surface area contributed by atoms with Crippen LogP contribution >= 0.6 is 0 Å². The first-order valence-corrected chi connectivity index (χ1v) is 7.59. The minimum atomic E-state index is -1.08. The number of benzene rings is 1. The number of phenolic OH excluding ortho intramolecular Hbond substituents is 1. The van der Waals surface area contributed by atoms with Gasteiger partial charge in [0.25, 0.3) is 5.56 Å². The number of hydrogen-bond acceptors (Lipinski definition) is 6. The van der Waals surface area contributed by atoms with Gasteiger partial charge in [0.05, 0.1) is 25.1 Å². The van der Waals surface area contributed by atoms with E-state index in [0.29, 0.717) is 5.56 Å². The monoisotopic (exact) mass is 357 g/mol. The van der Waals surface area contributed by atoms with E-state index in [-0.39, 0.29) is 29.0 Å². The molecule has 3 N–H and O–H groups in total. The molecule has 0 unspecified atom stereocenters. The third-order valence-electron chi connectivity index (χ3n) is 3.97. The number of nitrogens with zero attached hydrogens (tertiary/aromatic N) is 2. The molecular formula is C17H15N3O6. The summed E-state index contributed by atoms with van der Waals surface area (Å²) in [5.41, 5.74) is 0.290. The van der Waals surface area contributed by atoms with Crippen LogP contribution in [-0.4, -0.2) is 44.0 Å². The van der Waals surface area contributed by atoms with Gasteiger partial charge in [-0.15, -0.1) is 0 Å². The SMILES string of the molecule is COC(=O)c1cn([C@@H](CC(=O)O)c2cccc(O)c2)cc2c(=O)[nH]nc1-2. The zero-order valence-corrected chi connectivity index (χ0v) is 13.7. The number of methoxy groups -OCH3 is 1. The topological polar surface area (TPSA) is 135 Å². The van der Waals surface area contributed by atoms with E-state index < -0.39 is 23.5 Å². The Kier molecular flexibility index (Phi) is 4.44. The first-order valence-electron chi connectivity index (χ1n) is 7.59. The molecule has 1 atom stereocenters. The number of H-pyrrole nitrogens is 1. The maximum atomic E-state index is 12.1. The Balaban J connectivity index is 2.23. The summed E-state index contributed by atoms with van der Waals surface area (Å²) in [5, 5.41) is 25.1. The second-order valence-corrected chi connectivity index (χ2v) is 5.63. The molecule has 0 fully saturated rings. The van der Waals surface area contributed by atoms with Gasteiger partial charge in [-0.2, -0.15) is 5.10 Å². The van der Waals surface area contributed by atoms with E-state index in [4.69, 9.17) is 4.74 Å². The zero-order valence-electron chi connectivity index (χ0n) is 13.7. The van der Waals surface area contributed by atoms with Crippen molar-refractivity contribution in [3.63, 3.8) is 0 Å². The van der Waals surface area contributed by atoms with Gasteiger partial charge in [-0.05, 0) is 17.7 Å². The van der Waals surface area contributed by atoms with Crippen LogP contribution in [0.3, 0.4) is 0 Å². The summed E-state index contributed by atoms with van der Waals surface area (Å²) in [4.78, 5) is 35.4. The maximum Gasteiger partial charge on any atom is 0.341 e. The van der Waals surface area contributed by atoms with Crippen LogP contribution in [0.25, 0.3) is 11.3 Å². The van der Waals surface area contributed by atoms with Crippen molar-refractivity contribution >= 4 is 11.9 Å². The largest absolute Gasteiger partial charge is 0.508 e. The average molecular weight is 357 g/mol. The van der Waals surface area contributed by atoms with Crippen molar-refractivity contribution in [1.29, 1.82) is 0 Å². The Hall–Kier alpha value is -3.62. The third kappa shape index (κ3) is 3.14. The van der Waals surface area contributed by atoms with Crippen molar-refractivity contribution in [2.24, 2.45) is 0 Å². The number of aromatic hydroxyl groups is 1. The van der Waals surface area contributed by atoms with Gasteiger partial charge >= 0.3 is 11.9 Å². The molecule has 26 heavy (non-hydrogen) atoms. The minimum Gasteiger partial charge on any atom is -0.508 e. The summed E-state index contributed by atoms with van der Waals surface area (Å²) in [5.74, 6) is -1.82. The molecule has 0 bridgehead atoms. The number of carboxylic acids is 1. The number of carbonyl (C=O) groups excluding carboxylic acids is 1. The number of pyridine rings is 1. The number of rotatable bonds is 5. The van der Waals surface area contributed by atoms with Crippen molar-refractivity contribution in [3.05, 3.63) is 58.1 Å². The van der Waals surface area contributed by atoms with Gasteiger partial charge in [0.15, 0.2) is 0 Å². The standard InChI is InChI=1S/C17H15N3O6/c1-26-17(25)12-8-20(7-11-15(12)18-19-16(11)24)13(6-14(22)23)9-3-2-4-10(21)5-9/h2-5,7-8,13,21H,6H2,1H3,(H,19,24)(H,22,23)/t13-/m0/s1. The van der Waals surface area contributed by atoms with Crippen molar-refractivity contribution < 1.29 is 24.5 Å². The number of ether oxygens (including phenoxy) is 1. The van der Waals surface area contributed by atoms with Gasteiger partial charge in [-0.3, -0.25) is 9.59 Å². The van der Waals surface area contributed by atoms with Crippen molar-refractivity contribution in [3.8, 4) is 17.0 Å². The first kappa shape index (κ1) is 17.2. The number of aromatic nitrogens is 3. The minimum absolute atomic E-state index is 0.0268. The number of nitrogens with one attached hydrogen (secondary N) is 1. The molecule has 9 nitrogen and oxygen atoms in total. The van der Waals surface area contributed by atoms with Crippen molar-refractivity contribution in [2.45, 2.75) is 12.5 Å². The molecule has 2 aliphatic heterocycles. The number of hydrogen-bond donors (Lipinski definition) is 3. The summed E-state index contributed by atoms with van der Waals surface area (Å²) < 4.78 is 6.17. The van der Waals surface area contributed by atoms with Crippen LogP contribution in [0.1, 0.15) is 28.4 Å². The van der Waals surface area contributed by atoms with Crippen LogP contribution in [-0.2, 0) is 9.53 Å². The van der Waals surface area contributed by atoms with E-state index >= 15 is 0 Å². The molecule has 2 heterocycles. The van der Waals surface area contributed by atoms with E-state index in [9.17, 15) is 24.6 Å². The summed E-state index contributed by atoms with van der Waals surface area (Å²) in [6.45, 7) is 0. The average Bonchev–Trinajstić information content (AvgIpc) is 2.99. The normalized spacial score (nSPS) is 12.0. The molecule has 0 aliphatic carbocycles. The predicted molar refractivity (Wildman–Crippen MR) is 89.3 cm³/mol. The zero-order chi connectivity index (χ0) is 18.8. The van der Waals surface area contributed by atoms with Gasteiger partial charge in [-0.25, -0.2) is 9.89 Å². The van der Waals surface area contributed by atoms with Gasteiger partial charge in [0, 0.05) is 12.4 Å². The highest BCUT2D eigenvalue weighted by atomic mass is 16.5. The Labute approximate surface area is 146 Å². The fourth-order valence-electron chi connectivity index (χ4n) is 2.79. The number of carboxylic acid groups (broad SMARTS) is 1. The van der Waals surface area contributed by atoms with E-state index in [1.54, 1.807) is 12.1 Å². The number of fused-ring (bicyclic) bond motifs is 1. The number of aliphatic carboxylic acids is 1. The molecule has 0 amide bonds. The summed E-state index contributed by atoms with van der Waals surface area (Å²) in [7, 11) is 1.19. The Morgan fingerprint density at radius 3 is 2.77 bits per heavy atom. The van der Waals surface area contributed by atoms with Gasteiger partial charge < -0.3 is 19.5 Å². The second-order valence-electron chi connectivity index (χ2n) is 5.63. The molecule has 3 rings (SSSR count). The van der Waals surface area contributed by atoms with E-state index in [1.807, 2.05) is 0 Å². The Bertz CT molecular complexity index is 1010. The molecule has 2 aliphatic rings. The second kappa shape index (κ2) is 6.71. The molecule has 9 heteroatoms. The predicted octanol–water partition coefficient (Wildman–Crippen LogP) is 1.23. The quantitative estimate of drug-likeness (QED) is 0.585. The van der Waals surface area contributed by atoms with Crippen LogP contribution in [0.4, 0.5) is 0 Å². The van der Waals surface area contributed by atoms with Crippen molar-refractivity contribution in [1.82, 2.24) is 14.8 Å². The fraction of sp³-hybridized carbons (Fsp3) is 0.176. The lowest BCUT2D eigenvalue weighted by Crippen LogP contribution is -2.19. The van der Waals surface area contributed by atoms with E-state index in [2.05, 4.69) is 10.2 Å². The molecule has 0 spiro atoms. The molecule has 134 valence electrons. The van der Waals surface area contributed by atoms with Crippen LogP contribution in [0.2, 0.25) is 0 Å². The highest BCUT2D eigenvalue weighted by Gasteiger charge is 2.25. The molecule has 0 radical (unpaired) electrons. The molecule has 1 aromatic carbocycles. The van der Waals surface area contributed by atoms with Crippen molar-refractivity contribution in [2.75, 3.05) is 7.11 Å². The lowest BCUT2D eigenvalue weighted by atomic mass is 10.0. The molecule has 0 saturated heterocycles. The first-order chi connectivity index (χ1) is 12.4. The summed E-state index contributed by atoms with van der Waals surface area (Å²) in [6.07, 6.45) is 2.48. The van der Waals surface area contributed by atoms with Gasteiger partial charge in [0.2, 0.25) is 0 Å². The summed E-state index contributed by atoms with van der Waals surface area (Å²) in [6, 6.07) is 5.35. The molecule has 0 aromatic heterocycles. The highest BCUT2D eigenvalue weighted by molar-refractivity contribution is 5.96. The molecule has 0 saturated carbocycles. The Morgan fingerprint density at radius 2 is 2.12 bits per heavy atom. The van der Waals surface area contributed by atoms with Crippen LogP contribution in [0.15, 0.2) is 41.5 Å².